The fourth-order valence-corrected chi connectivity index (χ4v) is 2.88. The lowest BCUT2D eigenvalue weighted by Gasteiger charge is -2.10. The summed E-state index contributed by atoms with van der Waals surface area (Å²) >= 11 is 0. The van der Waals surface area contributed by atoms with E-state index in [0.717, 1.165) is 11.1 Å². The van der Waals surface area contributed by atoms with Crippen LogP contribution in [0.3, 0.4) is 0 Å². The van der Waals surface area contributed by atoms with Crippen LogP contribution >= 0.6 is 0 Å². The van der Waals surface area contributed by atoms with Crippen LogP contribution < -0.4 is 15.5 Å². The van der Waals surface area contributed by atoms with Gasteiger partial charge >= 0.3 is 17.8 Å². The summed E-state index contributed by atoms with van der Waals surface area (Å²) in [7, 11) is 0. The minimum absolute atomic E-state index is 0.289. The molecule has 0 saturated heterocycles. The second-order valence-electron chi connectivity index (χ2n) is 7.16. The van der Waals surface area contributed by atoms with Gasteiger partial charge in [0.2, 0.25) is 0 Å². The van der Waals surface area contributed by atoms with Gasteiger partial charge in [0.25, 0.3) is 0 Å². The van der Waals surface area contributed by atoms with Crippen molar-refractivity contribution in [3.05, 3.63) is 95.1 Å². The lowest BCUT2D eigenvalue weighted by molar-refractivity contribution is -0.136. The fraction of sp³-hybridized carbons (Fsp3) is 0.120. The highest BCUT2D eigenvalue weighted by atomic mass is 16.5. The molecule has 3 aromatic carbocycles. The normalized spacial score (nSPS) is 10.9. The molecular formula is C25H23N3O4. The first-order valence-corrected chi connectivity index (χ1v) is 9.94. The summed E-state index contributed by atoms with van der Waals surface area (Å²) in [5.41, 5.74) is 5.89. The zero-order valence-corrected chi connectivity index (χ0v) is 18.0. The van der Waals surface area contributed by atoms with Gasteiger partial charge in [0.1, 0.15) is 5.75 Å². The first-order chi connectivity index (χ1) is 15.3. The molecule has 7 nitrogen and oxygen atoms in total. The van der Waals surface area contributed by atoms with Crippen molar-refractivity contribution < 1.29 is 19.1 Å². The highest BCUT2D eigenvalue weighted by Gasteiger charge is 2.16. The maximum atomic E-state index is 12.4. The molecular weight excluding hydrogens is 406 g/mol. The summed E-state index contributed by atoms with van der Waals surface area (Å²) in [6.07, 6.45) is 0. The van der Waals surface area contributed by atoms with Crippen LogP contribution in [0.25, 0.3) is 0 Å². The van der Waals surface area contributed by atoms with E-state index in [9.17, 15) is 14.4 Å². The largest absolute Gasteiger partial charge is 0.422 e. The van der Waals surface area contributed by atoms with E-state index in [1.165, 1.54) is 0 Å². The van der Waals surface area contributed by atoms with Crippen LogP contribution in [-0.4, -0.2) is 23.5 Å². The second kappa shape index (κ2) is 10.2. The molecule has 3 aromatic rings. The zero-order chi connectivity index (χ0) is 23.1. The zero-order valence-electron chi connectivity index (χ0n) is 18.0. The standard InChI is InChI=1S/C25H23N3O4/c1-16-13-14-17(2)21(15-16)26-23(29)24(30)28-27-18(3)20-11-7-8-12-22(20)32-25(31)19-9-5-4-6-10-19/h4-15H,1-3H3,(H,26,29)(H,28,30)/b27-18+. The molecule has 0 aliphatic rings. The minimum Gasteiger partial charge on any atom is -0.422 e. The predicted molar refractivity (Wildman–Crippen MR) is 123 cm³/mol. The van der Waals surface area contributed by atoms with Crippen molar-refractivity contribution in [2.24, 2.45) is 5.10 Å². The summed E-state index contributed by atoms with van der Waals surface area (Å²) in [6.45, 7) is 5.37. The van der Waals surface area contributed by atoms with E-state index in [1.54, 1.807) is 67.6 Å². The number of nitrogens with zero attached hydrogens (tertiary/aromatic N) is 1. The van der Waals surface area contributed by atoms with Crippen LogP contribution in [-0.2, 0) is 9.59 Å². The van der Waals surface area contributed by atoms with E-state index in [4.69, 9.17) is 4.74 Å². The summed E-state index contributed by atoms with van der Waals surface area (Å²) in [5.74, 6) is -1.97. The van der Waals surface area contributed by atoms with E-state index in [2.05, 4.69) is 15.8 Å². The number of nitrogens with one attached hydrogen (secondary N) is 2. The summed E-state index contributed by atoms with van der Waals surface area (Å²) < 4.78 is 5.50. The molecule has 3 rings (SSSR count). The predicted octanol–water partition coefficient (Wildman–Crippen LogP) is 4.00. The third-order valence-corrected chi connectivity index (χ3v) is 4.66. The Balaban J connectivity index is 1.69. The number of benzene rings is 3. The van der Waals surface area contributed by atoms with Crippen LogP contribution in [0, 0.1) is 13.8 Å². The summed E-state index contributed by atoms with van der Waals surface area (Å²) in [6, 6.07) is 21.0. The van der Waals surface area contributed by atoms with E-state index in [1.807, 2.05) is 26.0 Å². The smallest absolute Gasteiger partial charge is 0.343 e. The van der Waals surface area contributed by atoms with Gasteiger partial charge in [0, 0.05) is 11.3 Å². The molecule has 7 heteroatoms. The molecule has 0 spiro atoms. The van der Waals surface area contributed by atoms with Crippen molar-refractivity contribution in [1.82, 2.24) is 5.43 Å². The van der Waals surface area contributed by atoms with Gasteiger partial charge in [-0.15, -0.1) is 0 Å². The number of esters is 1. The number of hydrogen-bond donors (Lipinski definition) is 2. The average Bonchev–Trinajstić information content (AvgIpc) is 2.80. The third kappa shape index (κ3) is 5.66. The number of carbonyl (C=O) groups excluding carboxylic acids is 3. The van der Waals surface area contributed by atoms with Gasteiger partial charge in [-0.25, -0.2) is 10.2 Å². The van der Waals surface area contributed by atoms with Crippen molar-refractivity contribution in [2.75, 3.05) is 5.32 Å². The maximum absolute atomic E-state index is 12.4. The molecule has 0 radical (unpaired) electrons. The Morgan fingerprint density at radius 1 is 0.844 bits per heavy atom. The van der Waals surface area contributed by atoms with Crippen LogP contribution in [0.15, 0.2) is 77.9 Å². The minimum atomic E-state index is -0.913. The van der Waals surface area contributed by atoms with Crippen molar-refractivity contribution >= 4 is 29.2 Å². The summed E-state index contributed by atoms with van der Waals surface area (Å²) in [4.78, 5) is 36.8. The first-order valence-electron chi connectivity index (χ1n) is 9.94. The molecule has 0 aliphatic carbocycles. The quantitative estimate of drug-likeness (QED) is 0.211. The van der Waals surface area contributed by atoms with Crippen LogP contribution in [0.4, 0.5) is 5.69 Å². The number of hydrazone groups is 1. The van der Waals surface area contributed by atoms with Gasteiger partial charge < -0.3 is 10.1 Å². The van der Waals surface area contributed by atoms with Gasteiger partial charge in [0.15, 0.2) is 0 Å². The van der Waals surface area contributed by atoms with Crippen molar-refractivity contribution in [1.29, 1.82) is 0 Å². The Hall–Kier alpha value is -4.26. The lowest BCUT2D eigenvalue weighted by Crippen LogP contribution is -2.33. The molecule has 0 bridgehead atoms. The molecule has 0 aliphatic heterocycles. The molecule has 2 N–H and O–H groups in total. The molecule has 2 amide bonds. The number of anilines is 1. The number of amides is 2. The first kappa shape index (κ1) is 22.4. The van der Waals surface area contributed by atoms with Gasteiger partial charge in [-0.1, -0.05) is 42.5 Å². The van der Waals surface area contributed by atoms with E-state index in [0.29, 0.717) is 22.5 Å². The van der Waals surface area contributed by atoms with Crippen molar-refractivity contribution in [3.8, 4) is 5.75 Å². The Kier molecular flexibility index (Phi) is 7.13. The molecule has 162 valence electrons. The van der Waals surface area contributed by atoms with E-state index < -0.39 is 17.8 Å². The third-order valence-electron chi connectivity index (χ3n) is 4.66. The summed E-state index contributed by atoms with van der Waals surface area (Å²) in [5, 5.41) is 6.58. The van der Waals surface area contributed by atoms with Gasteiger partial charge in [-0.2, -0.15) is 5.10 Å². The number of ether oxygens (including phenoxy) is 1. The number of para-hydroxylation sites is 1. The molecule has 0 unspecified atom stereocenters. The van der Waals surface area contributed by atoms with E-state index >= 15 is 0 Å². The van der Waals surface area contributed by atoms with E-state index in [-0.39, 0.29) is 5.75 Å². The number of rotatable bonds is 5. The Morgan fingerprint density at radius 2 is 1.53 bits per heavy atom. The molecule has 32 heavy (non-hydrogen) atoms. The highest BCUT2D eigenvalue weighted by molar-refractivity contribution is 6.39. The maximum Gasteiger partial charge on any atom is 0.343 e. The molecule has 0 fully saturated rings. The van der Waals surface area contributed by atoms with Crippen LogP contribution in [0.5, 0.6) is 5.75 Å². The van der Waals surface area contributed by atoms with Crippen molar-refractivity contribution in [3.63, 3.8) is 0 Å². The molecule has 0 atom stereocenters. The average molecular weight is 429 g/mol. The van der Waals surface area contributed by atoms with Gasteiger partial charge in [-0.3, -0.25) is 9.59 Å². The van der Waals surface area contributed by atoms with Crippen LogP contribution in [0.1, 0.15) is 34.0 Å². The van der Waals surface area contributed by atoms with Gasteiger partial charge in [0.05, 0.1) is 11.3 Å². The number of hydrogen-bond acceptors (Lipinski definition) is 5. The fourth-order valence-electron chi connectivity index (χ4n) is 2.88. The number of aryl methyl sites for hydroxylation is 2. The monoisotopic (exact) mass is 429 g/mol. The molecule has 0 heterocycles. The highest BCUT2D eigenvalue weighted by Crippen LogP contribution is 2.20. The van der Waals surface area contributed by atoms with Crippen LogP contribution in [0.2, 0.25) is 0 Å². The lowest BCUT2D eigenvalue weighted by atomic mass is 10.1. The Morgan fingerprint density at radius 3 is 2.28 bits per heavy atom. The SMILES string of the molecule is C/C(=N\NC(=O)C(=O)Nc1cc(C)ccc1C)c1ccccc1OC(=O)c1ccccc1. The number of carbonyl (C=O) groups is 3. The topological polar surface area (TPSA) is 96.9 Å². The Labute approximate surface area is 186 Å². The Bertz CT molecular complexity index is 1190. The van der Waals surface area contributed by atoms with Crippen molar-refractivity contribution in [2.45, 2.75) is 20.8 Å². The van der Waals surface area contributed by atoms with Gasteiger partial charge in [-0.05, 0) is 62.2 Å². The molecule has 0 saturated carbocycles. The second-order valence-corrected chi connectivity index (χ2v) is 7.16. The molecule has 0 aromatic heterocycles.